The molecule has 0 saturated heterocycles. The molecule has 4 heterocycles. The van der Waals surface area contributed by atoms with Crippen LogP contribution in [-0.4, -0.2) is 10.9 Å². The minimum absolute atomic E-state index is 0.220. The number of nitrogens with one attached hydrogen (secondary N) is 1. The van der Waals surface area contributed by atoms with Gasteiger partial charge < -0.3 is 9.73 Å². The first kappa shape index (κ1) is 18.4. The molecule has 0 radical (unpaired) electrons. The van der Waals surface area contributed by atoms with E-state index in [0.29, 0.717) is 21.3 Å². The van der Waals surface area contributed by atoms with Crippen molar-refractivity contribution in [1.82, 2.24) is 4.98 Å². The molecule has 4 aromatic heterocycles. The zero-order chi connectivity index (χ0) is 19.5. The number of carbonyl (C=O) groups is 1. The van der Waals surface area contributed by atoms with Gasteiger partial charge in [-0.15, -0.1) is 22.7 Å². The summed E-state index contributed by atoms with van der Waals surface area (Å²) in [6.45, 7) is 2.01. The van der Waals surface area contributed by atoms with Crippen molar-refractivity contribution in [3.63, 3.8) is 0 Å². The van der Waals surface area contributed by atoms with Gasteiger partial charge in [-0.3, -0.25) is 4.79 Å². The quantitative estimate of drug-likeness (QED) is 0.390. The van der Waals surface area contributed by atoms with Crippen LogP contribution in [0.15, 0.2) is 51.8 Å². The maximum atomic E-state index is 12.4. The highest BCUT2D eigenvalue weighted by atomic mass is 32.1. The van der Waals surface area contributed by atoms with E-state index >= 15 is 0 Å². The van der Waals surface area contributed by atoms with E-state index in [-0.39, 0.29) is 11.7 Å². The average molecular weight is 424 g/mol. The number of hydrogen-bond acceptors (Lipinski definition) is 7. The lowest BCUT2D eigenvalue weighted by Crippen LogP contribution is -2.10. The molecule has 0 aromatic carbocycles. The molecule has 8 heteroatoms. The van der Waals surface area contributed by atoms with E-state index in [1.54, 1.807) is 23.5 Å². The van der Waals surface area contributed by atoms with Crippen LogP contribution in [0.2, 0.25) is 0 Å². The van der Waals surface area contributed by atoms with Crippen molar-refractivity contribution in [2.75, 3.05) is 5.32 Å². The zero-order valence-corrected chi connectivity index (χ0v) is 17.1. The summed E-state index contributed by atoms with van der Waals surface area (Å²) in [6, 6.07) is 11.4. The van der Waals surface area contributed by atoms with E-state index in [4.69, 9.17) is 4.42 Å². The van der Waals surface area contributed by atoms with E-state index in [9.17, 15) is 10.1 Å². The first-order chi connectivity index (χ1) is 13.7. The van der Waals surface area contributed by atoms with Crippen molar-refractivity contribution in [2.45, 2.75) is 6.92 Å². The second-order valence-electron chi connectivity index (χ2n) is 5.74. The number of thiazole rings is 1. The molecule has 0 atom stereocenters. The average Bonchev–Trinajstić information content (AvgIpc) is 3.47. The van der Waals surface area contributed by atoms with Crippen LogP contribution < -0.4 is 5.32 Å². The lowest BCUT2D eigenvalue weighted by atomic mass is 10.2. The second kappa shape index (κ2) is 7.94. The molecule has 0 spiro atoms. The Labute approximate surface area is 173 Å². The van der Waals surface area contributed by atoms with Crippen LogP contribution in [0.25, 0.3) is 22.2 Å². The molecule has 1 N–H and O–H groups in total. The summed E-state index contributed by atoms with van der Waals surface area (Å²) >= 11 is 4.38. The summed E-state index contributed by atoms with van der Waals surface area (Å²) < 4.78 is 5.17. The fraction of sp³-hybridized carbons (Fsp3) is 0.0500. The van der Waals surface area contributed by atoms with E-state index in [1.165, 1.54) is 28.9 Å². The van der Waals surface area contributed by atoms with E-state index < -0.39 is 0 Å². The molecule has 28 heavy (non-hydrogen) atoms. The molecule has 0 fully saturated rings. The molecule has 0 unspecified atom stereocenters. The molecule has 1 amide bonds. The largest absolute Gasteiger partial charge is 0.459 e. The lowest BCUT2D eigenvalue weighted by Gasteiger charge is -2.01. The summed E-state index contributed by atoms with van der Waals surface area (Å²) in [5.74, 6) is -0.132. The highest BCUT2D eigenvalue weighted by Crippen LogP contribution is 2.39. The van der Waals surface area contributed by atoms with Crippen molar-refractivity contribution in [1.29, 1.82) is 5.26 Å². The Hall–Kier alpha value is -2.99. The zero-order valence-electron chi connectivity index (χ0n) is 14.6. The Morgan fingerprint density at radius 1 is 1.25 bits per heavy atom. The van der Waals surface area contributed by atoms with Gasteiger partial charge in [0.25, 0.3) is 5.91 Å². The predicted molar refractivity (Wildman–Crippen MR) is 115 cm³/mol. The van der Waals surface area contributed by atoms with Gasteiger partial charge in [0, 0.05) is 4.88 Å². The Bertz CT molecular complexity index is 1180. The van der Waals surface area contributed by atoms with Crippen LogP contribution in [0.3, 0.4) is 0 Å². The number of rotatable bonds is 5. The summed E-state index contributed by atoms with van der Waals surface area (Å²) in [6.07, 6.45) is 3.29. The number of nitrogens with zero attached hydrogens (tertiary/aromatic N) is 2. The molecular weight excluding hydrogens is 410 g/mol. The van der Waals surface area contributed by atoms with Crippen LogP contribution in [0.1, 0.15) is 26.0 Å². The predicted octanol–water partition coefficient (Wildman–Crippen LogP) is 6.15. The third-order valence-electron chi connectivity index (χ3n) is 3.88. The molecule has 138 valence electrons. The smallest absolute Gasteiger partial charge is 0.292 e. The maximum absolute atomic E-state index is 12.4. The Morgan fingerprint density at radius 2 is 2.14 bits per heavy atom. The second-order valence-corrected chi connectivity index (χ2v) is 8.64. The molecular formula is C20H13N3O2S3. The number of furan rings is 1. The van der Waals surface area contributed by atoms with Crippen LogP contribution in [0.4, 0.5) is 5.00 Å². The van der Waals surface area contributed by atoms with Gasteiger partial charge in [0.05, 0.1) is 16.7 Å². The minimum atomic E-state index is -0.352. The van der Waals surface area contributed by atoms with Gasteiger partial charge in [0.15, 0.2) is 5.76 Å². The molecule has 0 bridgehead atoms. The van der Waals surface area contributed by atoms with E-state index in [1.807, 2.05) is 42.0 Å². The maximum Gasteiger partial charge on any atom is 0.292 e. The normalized spacial score (nSPS) is 11.4. The van der Waals surface area contributed by atoms with Crippen molar-refractivity contribution in [2.24, 2.45) is 0 Å². The number of carbonyl (C=O) groups excluding carboxylic acids is 1. The van der Waals surface area contributed by atoms with Crippen molar-refractivity contribution in [3.8, 4) is 16.6 Å². The number of allylic oxidation sites excluding steroid dienone is 1. The van der Waals surface area contributed by atoms with E-state index in [0.717, 1.165) is 15.3 Å². The molecule has 4 rings (SSSR count). The standard InChI is InChI=1S/C20H13N3O2S3/c1-12-6-9-27-16(12)10-13(11-21)19-22-17(15-5-3-8-26-15)20(28-19)23-18(24)14-4-2-7-25-14/h2-10H,1H3,(H,23,24). The summed E-state index contributed by atoms with van der Waals surface area (Å²) in [5, 5.41) is 17.6. The fourth-order valence-electron chi connectivity index (χ4n) is 2.48. The van der Waals surface area contributed by atoms with Gasteiger partial charge in [-0.2, -0.15) is 5.26 Å². The number of amides is 1. The van der Waals surface area contributed by atoms with Crippen LogP contribution in [0, 0.1) is 18.3 Å². The first-order valence-corrected chi connectivity index (χ1v) is 10.8. The van der Waals surface area contributed by atoms with Gasteiger partial charge >= 0.3 is 0 Å². The van der Waals surface area contributed by atoms with Gasteiger partial charge in [-0.1, -0.05) is 17.4 Å². The topological polar surface area (TPSA) is 78.9 Å². The van der Waals surface area contributed by atoms with E-state index in [2.05, 4.69) is 16.4 Å². The third kappa shape index (κ3) is 3.68. The van der Waals surface area contributed by atoms with Gasteiger partial charge in [0.2, 0.25) is 0 Å². The molecule has 0 saturated carbocycles. The monoisotopic (exact) mass is 423 g/mol. The number of hydrogen-bond donors (Lipinski definition) is 1. The first-order valence-electron chi connectivity index (χ1n) is 8.21. The Balaban J connectivity index is 1.75. The molecule has 5 nitrogen and oxygen atoms in total. The third-order valence-corrected chi connectivity index (χ3v) is 6.73. The Morgan fingerprint density at radius 3 is 2.79 bits per heavy atom. The SMILES string of the molecule is Cc1ccsc1C=C(C#N)c1nc(-c2cccs2)c(NC(=O)c2ccco2)s1. The summed E-state index contributed by atoms with van der Waals surface area (Å²) in [4.78, 5) is 19.0. The molecule has 4 aromatic rings. The number of aromatic nitrogens is 1. The van der Waals surface area contributed by atoms with Crippen molar-refractivity contribution in [3.05, 3.63) is 68.6 Å². The Kier molecular flexibility index (Phi) is 5.21. The molecule has 0 aliphatic heterocycles. The summed E-state index contributed by atoms with van der Waals surface area (Å²) in [5.41, 5.74) is 2.23. The van der Waals surface area contributed by atoms with Crippen LogP contribution in [-0.2, 0) is 0 Å². The molecule has 0 aliphatic carbocycles. The highest BCUT2D eigenvalue weighted by molar-refractivity contribution is 7.19. The molecule has 0 aliphatic rings. The number of anilines is 1. The van der Waals surface area contributed by atoms with Crippen LogP contribution in [0.5, 0.6) is 0 Å². The van der Waals surface area contributed by atoms with Crippen molar-refractivity contribution >= 4 is 56.6 Å². The van der Waals surface area contributed by atoms with Gasteiger partial charge in [-0.25, -0.2) is 4.98 Å². The van der Waals surface area contributed by atoms with Gasteiger partial charge in [-0.05, 0) is 53.6 Å². The summed E-state index contributed by atoms with van der Waals surface area (Å²) in [7, 11) is 0. The lowest BCUT2D eigenvalue weighted by molar-refractivity contribution is 0.0997. The fourth-order valence-corrected chi connectivity index (χ4v) is 5.06. The number of thiophene rings is 2. The highest BCUT2D eigenvalue weighted by Gasteiger charge is 2.20. The van der Waals surface area contributed by atoms with Crippen LogP contribution >= 0.6 is 34.0 Å². The minimum Gasteiger partial charge on any atom is -0.459 e. The number of nitriles is 1. The number of aryl methyl sites for hydroxylation is 1. The van der Waals surface area contributed by atoms with Crippen molar-refractivity contribution < 1.29 is 9.21 Å². The van der Waals surface area contributed by atoms with Gasteiger partial charge in [0.1, 0.15) is 21.8 Å².